The fourth-order valence-electron chi connectivity index (χ4n) is 2.69. The second-order valence-corrected chi connectivity index (χ2v) is 11.4. The Morgan fingerprint density at radius 3 is 2.62 bits per heavy atom. The lowest BCUT2D eigenvalue weighted by Crippen LogP contribution is -2.26. The van der Waals surface area contributed by atoms with Gasteiger partial charge in [-0.2, -0.15) is 5.10 Å². The van der Waals surface area contributed by atoms with Gasteiger partial charge in [0.2, 0.25) is 10.0 Å². The highest BCUT2D eigenvalue weighted by atomic mass is 32.2. The van der Waals surface area contributed by atoms with Crippen LogP contribution in [0.1, 0.15) is 22.8 Å². The maximum atomic E-state index is 12.7. The number of rotatable bonds is 10. The van der Waals surface area contributed by atoms with Gasteiger partial charge in [0, 0.05) is 18.9 Å². The van der Waals surface area contributed by atoms with Crippen LogP contribution in [-0.2, 0) is 20.0 Å². The summed E-state index contributed by atoms with van der Waals surface area (Å²) >= 11 is 1.03. The number of thiophene rings is 1. The maximum absolute atomic E-state index is 12.7. The van der Waals surface area contributed by atoms with E-state index in [2.05, 4.69) is 25.0 Å². The van der Waals surface area contributed by atoms with Crippen molar-refractivity contribution in [1.29, 1.82) is 0 Å². The Balaban J connectivity index is 1.79. The molecule has 0 aliphatic heterocycles. The number of aliphatic hydroxyl groups excluding tert-OH is 1. The summed E-state index contributed by atoms with van der Waals surface area (Å²) in [6.07, 6.45) is 2.54. The van der Waals surface area contributed by atoms with Gasteiger partial charge >= 0.3 is 0 Å². The molecule has 2 heterocycles. The summed E-state index contributed by atoms with van der Waals surface area (Å²) in [5.74, 6) is -0.718. The lowest BCUT2D eigenvalue weighted by Gasteiger charge is -2.11. The Labute approximate surface area is 200 Å². The van der Waals surface area contributed by atoms with E-state index in [9.17, 15) is 21.6 Å². The SMILES string of the molecule is C/C(=N\NC(=O)c1cnccc1NS(=O)(=O)c1cccs1)c1cccc(S(=O)(=O)NCCO)c1. The molecule has 1 aromatic carbocycles. The standard InChI is InChI=1S/C20H21N5O6S3/c1-14(15-4-2-5-16(12-15)33(28,29)22-9-10-26)23-24-20(27)17-13-21-8-7-18(17)25-34(30,31)19-6-3-11-32-19/h2-8,11-13,22,26H,9-10H2,1H3,(H,21,25)(H,24,27)/b23-14+. The predicted molar refractivity (Wildman–Crippen MR) is 128 cm³/mol. The first-order valence-electron chi connectivity index (χ1n) is 9.70. The monoisotopic (exact) mass is 523 g/mol. The van der Waals surface area contributed by atoms with Crippen LogP contribution in [0.2, 0.25) is 0 Å². The summed E-state index contributed by atoms with van der Waals surface area (Å²) in [7, 11) is -7.70. The number of aromatic nitrogens is 1. The first-order valence-corrected chi connectivity index (χ1v) is 13.5. The lowest BCUT2D eigenvalue weighted by atomic mass is 10.1. The Kier molecular flexibility index (Phi) is 8.11. The van der Waals surface area contributed by atoms with Crippen molar-refractivity contribution in [3.8, 4) is 0 Å². The second kappa shape index (κ2) is 10.8. The van der Waals surface area contributed by atoms with Crippen molar-refractivity contribution in [2.45, 2.75) is 16.0 Å². The summed E-state index contributed by atoms with van der Waals surface area (Å²) in [6, 6.07) is 10.3. The molecule has 0 aliphatic carbocycles. The third kappa shape index (κ3) is 6.24. The first kappa shape index (κ1) is 25.5. The number of benzene rings is 1. The fourth-order valence-corrected chi connectivity index (χ4v) is 5.83. The second-order valence-electron chi connectivity index (χ2n) is 6.75. The molecule has 0 radical (unpaired) electrons. The van der Waals surface area contributed by atoms with Crippen molar-refractivity contribution in [2.24, 2.45) is 5.10 Å². The molecule has 1 amide bonds. The number of carbonyl (C=O) groups excluding carboxylic acids is 1. The quantitative estimate of drug-likeness (QED) is 0.230. The average Bonchev–Trinajstić information content (AvgIpc) is 3.37. The average molecular weight is 524 g/mol. The molecule has 0 bridgehead atoms. The van der Waals surface area contributed by atoms with Gasteiger partial charge in [-0.1, -0.05) is 18.2 Å². The number of hydrazone groups is 1. The van der Waals surface area contributed by atoms with Gasteiger partial charge in [-0.3, -0.25) is 14.5 Å². The van der Waals surface area contributed by atoms with Crippen LogP contribution in [0.15, 0.2) is 74.4 Å². The lowest BCUT2D eigenvalue weighted by molar-refractivity contribution is 0.0955. The van der Waals surface area contributed by atoms with E-state index in [1.807, 2.05) is 0 Å². The highest BCUT2D eigenvalue weighted by Gasteiger charge is 2.20. The molecule has 0 fully saturated rings. The van der Waals surface area contributed by atoms with Gasteiger partial charge in [0.25, 0.3) is 15.9 Å². The molecule has 34 heavy (non-hydrogen) atoms. The minimum atomic E-state index is -3.88. The number of pyridine rings is 1. The summed E-state index contributed by atoms with van der Waals surface area (Å²) in [5.41, 5.74) is 3.03. The molecule has 180 valence electrons. The first-order chi connectivity index (χ1) is 16.1. The molecule has 0 saturated heterocycles. The maximum Gasteiger partial charge on any atom is 0.275 e. The Morgan fingerprint density at radius 1 is 1.12 bits per heavy atom. The molecule has 11 nitrogen and oxygen atoms in total. The summed E-state index contributed by atoms with van der Waals surface area (Å²) in [5, 5.41) is 14.5. The Bertz CT molecular complexity index is 1400. The molecular formula is C20H21N5O6S3. The van der Waals surface area contributed by atoms with E-state index in [0.717, 1.165) is 11.3 Å². The number of nitrogens with one attached hydrogen (secondary N) is 3. The van der Waals surface area contributed by atoms with Gasteiger partial charge in [0.05, 0.1) is 28.5 Å². The van der Waals surface area contributed by atoms with E-state index in [1.54, 1.807) is 24.4 Å². The van der Waals surface area contributed by atoms with Crippen molar-refractivity contribution in [3.63, 3.8) is 0 Å². The Morgan fingerprint density at radius 2 is 1.91 bits per heavy atom. The third-order valence-electron chi connectivity index (χ3n) is 4.36. The predicted octanol–water partition coefficient (Wildman–Crippen LogP) is 1.37. The highest BCUT2D eigenvalue weighted by Crippen LogP contribution is 2.22. The number of hydrogen-bond donors (Lipinski definition) is 4. The molecular weight excluding hydrogens is 502 g/mol. The van der Waals surface area contributed by atoms with E-state index in [0.29, 0.717) is 11.3 Å². The summed E-state index contributed by atoms with van der Waals surface area (Å²) in [6.45, 7) is 1.10. The molecule has 3 aromatic rings. The molecule has 0 saturated carbocycles. The van der Waals surface area contributed by atoms with Crippen LogP contribution in [0.5, 0.6) is 0 Å². The number of amides is 1. The van der Waals surface area contributed by atoms with E-state index in [1.165, 1.54) is 42.7 Å². The van der Waals surface area contributed by atoms with E-state index >= 15 is 0 Å². The molecule has 14 heteroatoms. The minimum Gasteiger partial charge on any atom is -0.395 e. The smallest absolute Gasteiger partial charge is 0.275 e. The molecule has 2 aromatic heterocycles. The van der Waals surface area contributed by atoms with Crippen LogP contribution in [0, 0.1) is 0 Å². The highest BCUT2D eigenvalue weighted by molar-refractivity contribution is 7.94. The number of sulfonamides is 2. The molecule has 0 unspecified atom stereocenters. The molecule has 0 spiro atoms. The van der Waals surface area contributed by atoms with E-state index < -0.39 is 26.0 Å². The number of hydrogen-bond acceptors (Lipinski definition) is 9. The molecule has 3 rings (SSSR count). The Hall–Kier alpha value is -3.17. The third-order valence-corrected chi connectivity index (χ3v) is 8.58. The van der Waals surface area contributed by atoms with Crippen molar-refractivity contribution < 1.29 is 26.7 Å². The van der Waals surface area contributed by atoms with Gasteiger partial charge in [-0.25, -0.2) is 27.0 Å². The number of carbonyl (C=O) groups is 1. The normalized spacial score (nSPS) is 12.4. The van der Waals surface area contributed by atoms with Crippen LogP contribution in [-0.4, -0.2) is 51.7 Å². The zero-order chi connectivity index (χ0) is 24.8. The van der Waals surface area contributed by atoms with Crippen molar-refractivity contribution in [1.82, 2.24) is 15.1 Å². The van der Waals surface area contributed by atoms with Gasteiger partial charge in [0.15, 0.2) is 0 Å². The van der Waals surface area contributed by atoms with Gasteiger partial charge in [-0.15, -0.1) is 11.3 Å². The number of aliphatic hydroxyl groups is 1. The van der Waals surface area contributed by atoms with E-state index in [-0.39, 0.29) is 33.5 Å². The van der Waals surface area contributed by atoms with Crippen LogP contribution in [0.3, 0.4) is 0 Å². The molecule has 0 aliphatic rings. The summed E-state index contributed by atoms with van der Waals surface area (Å²) < 4.78 is 54.3. The number of anilines is 1. The summed E-state index contributed by atoms with van der Waals surface area (Å²) in [4.78, 5) is 16.5. The molecule has 4 N–H and O–H groups in total. The van der Waals surface area contributed by atoms with E-state index in [4.69, 9.17) is 5.11 Å². The zero-order valence-corrected chi connectivity index (χ0v) is 20.2. The van der Waals surface area contributed by atoms with Crippen molar-refractivity contribution in [2.75, 3.05) is 17.9 Å². The van der Waals surface area contributed by atoms with Crippen LogP contribution >= 0.6 is 11.3 Å². The van der Waals surface area contributed by atoms with Gasteiger partial charge < -0.3 is 5.11 Å². The van der Waals surface area contributed by atoms with Gasteiger partial charge in [0.1, 0.15) is 4.21 Å². The topological polar surface area (TPSA) is 167 Å². The van der Waals surface area contributed by atoms with Crippen molar-refractivity contribution >= 4 is 48.7 Å². The van der Waals surface area contributed by atoms with Crippen LogP contribution in [0.4, 0.5) is 5.69 Å². The molecule has 0 atom stereocenters. The minimum absolute atomic E-state index is 0.0248. The van der Waals surface area contributed by atoms with Crippen LogP contribution < -0.4 is 14.9 Å². The van der Waals surface area contributed by atoms with Crippen molar-refractivity contribution in [3.05, 3.63) is 71.4 Å². The number of nitrogens with zero attached hydrogens (tertiary/aromatic N) is 2. The zero-order valence-electron chi connectivity index (χ0n) is 17.8. The fraction of sp³-hybridized carbons (Fsp3) is 0.150. The largest absolute Gasteiger partial charge is 0.395 e. The van der Waals surface area contributed by atoms with Crippen LogP contribution in [0.25, 0.3) is 0 Å². The van der Waals surface area contributed by atoms with Gasteiger partial charge in [-0.05, 0) is 42.1 Å².